The Kier molecular flexibility index (Phi) is 3.97. The van der Waals surface area contributed by atoms with Crippen LogP contribution in [0.3, 0.4) is 0 Å². The van der Waals surface area contributed by atoms with Gasteiger partial charge in [0.1, 0.15) is 6.04 Å². The monoisotopic (exact) mass is 292 g/mol. The zero-order chi connectivity index (χ0) is 15.0. The molecular formula is C15H24N4O2. The van der Waals surface area contributed by atoms with Gasteiger partial charge in [0.25, 0.3) is 0 Å². The predicted molar refractivity (Wildman–Crippen MR) is 77.5 cm³/mol. The molecule has 2 unspecified atom stereocenters. The second kappa shape index (κ2) is 5.75. The molecule has 2 heterocycles. The normalized spacial score (nSPS) is 21.9. The van der Waals surface area contributed by atoms with Crippen molar-refractivity contribution in [3.8, 4) is 0 Å². The van der Waals surface area contributed by atoms with Crippen LogP contribution in [0, 0.1) is 17.8 Å². The Bertz CT molecular complexity index is 506. The van der Waals surface area contributed by atoms with Gasteiger partial charge in [-0.2, -0.15) is 4.98 Å². The van der Waals surface area contributed by atoms with Gasteiger partial charge in [0, 0.05) is 11.8 Å². The van der Waals surface area contributed by atoms with E-state index in [1.807, 2.05) is 6.92 Å². The van der Waals surface area contributed by atoms with Crippen LogP contribution in [0.5, 0.6) is 0 Å². The van der Waals surface area contributed by atoms with Crippen LogP contribution in [0.25, 0.3) is 0 Å². The Hall–Kier alpha value is -1.43. The Morgan fingerprint density at radius 1 is 1.33 bits per heavy atom. The van der Waals surface area contributed by atoms with E-state index in [0.717, 1.165) is 31.8 Å². The van der Waals surface area contributed by atoms with E-state index in [9.17, 15) is 4.79 Å². The lowest BCUT2D eigenvalue weighted by Crippen LogP contribution is -2.50. The number of aromatic nitrogens is 2. The minimum atomic E-state index is -0.201. The molecule has 0 bridgehead atoms. The van der Waals surface area contributed by atoms with Gasteiger partial charge in [-0.1, -0.05) is 25.9 Å². The van der Waals surface area contributed by atoms with Crippen LogP contribution in [-0.2, 0) is 4.79 Å². The predicted octanol–water partition coefficient (Wildman–Crippen LogP) is 1.62. The molecule has 116 valence electrons. The average molecular weight is 292 g/mol. The maximum Gasteiger partial charge on any atom is 0.249 e. The maximum absolute atomic E-state index is 12.4. The van der Waals surface area contributed by atoms with Crippen LogP contribution in [0.4, 0.5) is 0 Å². The summed E-state index contributed by atoms with van der Waals surface area (Å²) in [6, 6.07) is -0.201. The van der Waals surface area contributed by atoms with Crippen LogP contribution >= 0.6 is 0 Å². The first-order valence-corrected chi connectivity index (χ1v) is 7.91. The first-order valence-electron chi connectivity index (χ1n) is 7.91. The fourth-order valence-corrected chi connectivity index (χ4v) is 2.56. The molecular weight excluding hydrogens is 268 g/mol. The van der Waals surface area contributed by atoms with Crippen molar-refractivity contribution in [1.29, 1.82) is 0 Å². The number of rotatable bonds is 6. The molecule has 0 radical (unpaired) electrons. The fourth-order valence-electron chi connectivity index (χ4n) is 2.56. The second-order valence-electron chi connectivity index (χ2n) is 6.70. The highest BCUT2D eigenvalue weighted by atomic mass is 16.5. The van der Waals surface area contributed by atoms with Crippen molar-refractivity contribution in [2.24, 2.45) is 17.8 Å². The van der Waals surface area contributed by atoms with Crippen LogP contribution in [-0.4, -0.2) is 29.1 Å². The van der Waals surface area contributed by atoms with Gasteiger partial charge in [0.15, 0.2) is 5.82 Å². The third-order valence-electron chi connectivity index (χ3n) is 4.56. The van der Waals surface area contributed by atoms with E-state index in [-0.39, 0.29) is 23.8 Å². The molecule has 6 nitrogen and oxygen atoms in total. The Balaban J connectivity index is 1.66. The van der Waals surface area contributed by atoms with Crippen molar-refractivity contribution in [3.63, 3.8) is 0 Å². The number of hydrogen-bond donors (Lipinski definition) is 2. The quantitative estimate of drug-likeness (QED) is 0.832. The van der Waals surface area contributed by atoms with Crippen LogP contribution in [0.2, 0.25) is 0 Å². The van der Waals surface area contributed by atoms with Crippen molar-refractivity contribution in [2.75, 3.05) is 13.1 Å². The number of carbonyl (C=O) groups excluding carboxylic acids is 1. The lowest BCUT2D eigenvalue weighted by molar-refractivity contribution is -0.128. The molecule has 1 saturated heterocycles. The van der Waals surface area contributed by atoms with Crippen LogP contribution in [0.15, 0.2) is 4.52 Å². The summed E-state index contributed by atoms with van der Waals surface area (Å²) in [5.41, 5.74) is 0. The van der Waals surface area contributed by atoms with Gasteiger partial charge in [-0.25, -0.2) is 0 Å². The lowest BCUT2D eigenvalue weighted by atomic mass is 9.88. The minimum absolute atomic E-state index is 0.0123. The van der Waals surface area contributed by atoms with Crippen molar-refractivity contribution in [3.05, 3.63) is 11.7 Å². The van der Waals surface area contributed by atoms with E-state index in [0.29, 0.717) is 17.7 Å². The van der Waals surface area contributed by atoms with Gasteiger partial charge in [-0.15, -0.1) is 0 Å². The molecule has 1 aliphatic heterocycles. The highest BCUT2D eigenvalue weighted by Crippen LogP contribution is 2.38. The summed E-state index contributed by atoms with van der Waals surface area (Å²) in [5.74, 6) is 2.53. The number of amides is 1. The molecule has 1 saturated carbocycles. The molecule has 0 aromatic carbocycles. The van der Waals surface area contributed by atoms with E-state index < -0.39 is 0 Å². The summed E-state index contributed by atoms with van der Waals surface area (Å²) in [6.45, 7) is 7.95. The number of nitrogens with zero attached hydrogens (tertiary/aromatic N) is 2. The topological polar surface area (TPSA) is 80.0 Å². The van der Waals surface area contributed by atoms with E-state index >= 15 is 0 Å². The lowest BCUT2D eigenvalue weighted by Gasteiger charge is -2.32. The molecule has 2 N–H and O–H groups in total. The van der Waals surface area contributed by atoms with Crippen molar-refractivity contribution >= 4 is 5.91 Å². The molecule has 3 rings (SSSR count). The molecule has 21 heavy (non-hydrogen) atoms. The van der Waals surface area contributed by atoms with E-state index in [1.54, 1.807) is 0 Å². The van der Waals surface area contributed by atoms with E-state index in [4.69, 9.17) is 4.52 Å². The molecule has 0 spiro atoms. The Morgan fingerprint density at radius 2 is 2.05 bits per heavy atom. The Labute approximate surface area is 125 Å². The average Bonchev–Trinajstić information content (AvgIpc) is 3.12. The van der Waals surface area contributed by atoms with Gasteiger partial charge >= 0.3 is 0 Å². The zero-order valence-electron chi connectivity index (χ0n) is 12.9. The van der Waals surface area contributed by atoms with Gasteiger partial charge < -0.3 is 15.2 Å². The Morgan fingerprint density at radius 3 is 2.57 bits per heavy atom. The first-order chi connectivity index (χ1) is 10.1. The second-order valence-corrected chi connectivity index (χ2v) is 6.70. The molecule has 2 aliphatic rings. The molecule has 6 heteroatoms. The van der Waals surface area contributed by atoms with Gasteiger partial charge in [-0.3, -0.25) is 4.79 Å². The summed E-state index contributed by atoms with van der Waals surface area (Å²) >= 11 is 0. The van der Waals surface area contributed by atoms with Crippen molar-refractivity contribution < 1.29 is 9.32 Å². The number of nitrogens with one attached hydrogen (secondary N) is 2. The fraction of sp³-hybridized carbons (Fsp3) is 0.800. The zero-order valence-corrected chi connectivity index (χ0v) is 12.9. The molecule has 1 aliphatic carbocycles. The standard InChI is InChI=1S/C15H24N4O2/c1-8(2)12(15-18-13(19-21-15)10-4-5-10)17-14(20)9(3)11-6-16-7-11/h8-12,16H,4-7H2,1-3H3,(H,17,20). The van der Waals surface area contributed by atoms with Crippen molar-refractivity contribution in [2.45, 2.75) is 45.6 Å². The van der Waals surface area contributed by atoms with E-state index in [2.05, 4.69) is 34.6 Å². The first kappa shape index (κ1) is 14.5. The molecule has 1 amide bonds. The molecule has 1 aromatic heterocycles. The molecule has 2 fully saturated rings. The SMILES string of the molecule is CC(C)C(NC(=O)C(C)C1CNC1)c1nc(C2CC2)no1. The summed E-state index contributed by atoms with van der Waals surface area (Å²) < 4.78 is 5.38. The highest BCUT2D eigenvalue weighted by Gasteiger charge is 2.34. The number of carbonyl (C=O) groups is 1. The number of hydrogen-bond acceptors (Lipinski definition) is 5. The van der Waals surface area contributed by atoms with Crippen LogP contribution < -0.4 is 10.6 Å². The summed E-state index contributed by atoms with van der Waals surface area (Å²) in [6.07, 6.45) is 2.28. The van der Waals surface area contributed by atoms with Gasteiger partial charge in [0.05, 0.1) is 0 Å². The minimum Gasteiger partial charge on any atom is -0.344 e. The third-order valence-corrected chi connectivity index (χ3v) is 4.56. The smallest absolute Gasteiger partial charge is 0.249 e. The highest BCUT2D eigenvalue weighted by molar-refractivity contribution is 5.79. The summed E-state index contributed by atoms with van der Waals surface area (Å²) in [7, 11) is 0. The van der Waals surface area contributed by atoms with Gasteiger partial charge in [-0.05, 0) is 37.8 Å². The molecule has 2 atom stereocenters. The molecule has 1 aromatic rings. The van der Waals surface area contributed by atoms with Gasteiger partial charge in [0.2, 0.25) is 11.8 Å². The maximum atomic E-state index is 12.4. The van der Waals surface area contributed by atoms with Crippen LogP contribution in [0.1, 0.15) is 57.3 Å². The van der Waals surface area contributed by atoms with E-state index in [1.165, 1.54) is 0 Å². The largest absolute Gasteiger partial charge is 0.344 e. The summed E-state index contributed by atoms with van der Waals surface area (Å²) in [4.78, 5) is 16.9. The van der Waals surface area contributed by atoms with Crippen molar-refractivity contribution in [1.82, 2.24) is 20.8 Å². The third kappa shape index (κ3) is 3.10. The summed E-state index contributed by atoms with van der Waals surface area (Å²) in [5, 5.41) is 10.3.